The molecule has 6 heterocycles. The molecule has 5 fully saturated rings. The average Bonchev–Trinajstić information content (AvgIpc) is 3.90. The number of aliphatic hydroxyl groups is 1. The van der Waals surface area contributed by atoms with Crippen molar-refractivity contribution in [2.24, 2.45) is 11.1 Å². The van der Waals surface area contributed by atoms with Crippen molar-refractivity contribution in [2.75, 3.05) is 64.4 Å². The van der Waals surface area contributed by atoms with Gasteiger partial charge in [0.2, 0.25) is 17.7 Å². The van der Waals surface area contributed by atoms with Crippen LogP contribution in [0.2, 0.25) is 0 Å². The number of hydrogen-bond acceptors (Lipinski definition) is 13. The minimum Gasteiger partial charge on any atom is -0.493 e. The second-order valence-electron chi connectivity index (χ2n) is 23.2. The van der Waals surface area contributed by atoms with E-state index in [2.05, 4.69) is 49.8 Å². The molecule has 79 heavy (non-hydrogen) atoms. The lowest BCUT2D eigenvalue weighted by atomic mass is 9.85. The van der Waals surface area contributed by atoms with Crippen molar-refractivity contribution in [1.29, 1.82) is 0 Å². The molecule has 5 aliphatic rings. The number of hydrogen-bond donors (Lipinski definition) is 4. The highest BCUT2D eigenvalue weighted by Crippen LogP contribution is 2.41. The highest BCUT2D eigenvalue weighted by Gasteiger charge is 2.53. The van der Waals surface area contributed by atoms with Crippen LogP contribution in [0.25, 0.3) is 10.4 Å². The van der Waals surface area contributed by atoms with Crippen molar-refractivity contribution >= 4 is 52.7 Å². The molecule has 0 unspecified atom stereocenters. The van der Waals surface area contributed by atoms with Crippen LogP contribution in [0.15, 0.2) is 54.2 Å². The van der Waals surface area contributed by atoms with Gasteiger partial charge in [-0.15, -0.1) is 11.3 Å². The fourth-order valence-electron chi connectivity index (χ4n) is 11.4. The van der Waals surface area contributed by atoms with Gasteiger partial charge in [-0.1, -0.05) is 57.2 Å². The summed E-state index contributed by atoms with van der Waals surface area (Å²) in [4.78, 5) is 103. The van der Waals surface area contributed by atoms with E-state index in [-0.39, 0.29) is 56.0 Å². The Bertz CT molecular complexity index is 2880. The summed E-state index contributed by atoms with van der Waals surface area (Å²) in [5, 5.41) is 16.2. The molecule has 0 spiro atoms. The number of carbonyl (C=O) groups is 6. The van der Waals surface area contributed by atoms with Gasteiger partial charge in [0.25, 0.3) is 11.8 Å². The number of rotatable bonds is 20. The number of carbonyl (C=O) groups excluding carboxylic acids is 6. The van der Waals surface area contributed by atoms with Crippen LogP contribution in [-0.2, 0) is 32.1 Å². The Kier molecular flexibility index (Phi) is 17.5. The summed E-state index contributed by atoms with van der Waals surface area (Å²) in [5.74, 6) is -0.767. The van der Waals surface area contributed by atoms with E-state index >= 15 is 0 Å². The molecule has 7 amide bonds. The summed E-state index contributed by atoms with van der Waals surface area (Å²) in [5.41, 5.74) is 10.2. The van der Waals surface area contributed by atoms with E-state index in [1.807, 2.05) is 42.0 Å². The molecule has 1 saturated carbocycles. The molecule has 19 nitrogen and oxygen atoms in total. The predicted octanol–water partition coefficient (Wildman–Crippen LogP) is 5.89. The first-order chi connectivity index (χ1) is 37.8. The number of piperidine rings is 2. The number of aliphatic hydroxyl groups excluding tert-OH is 1. The second-order valence-corrected chi connectivity index (χ2v) is 24.1. The van der Waals surface area contributed by atoms with Crippen LogP contribution in [-0.4, -0.2) is 165 Å². The van der Waals surface area contributed by atoms with Crippen LogP contribution in [0.3, 0.4) is 0 Å². The van der Waals surface area contributed by atoms with Crippen molar-refractivity contribution in [1.82, 2.24) is 45.2 Å². The Balaban J connectivity index is 0.733. The van der Waals surface area contributed by atoms with E-state index in [9.17, 15) is 38.3 Å². The van der Waals surface area contributed by atoms with Crippen LogP contribution in [0.4, 0.5) is 15.0 Å². The number of aromatic nitrogens is 3. The topological polar surface area (TPSA) is 237 Å². The number of urea groups is 1. The molecule has 0 radical (unpaired) electrons. The third-order valence-corrected chi connectivity index (χ3v) is 17.3. The minimum absolute atomic E-state index is 0.0144. The lowest BCUT2D eigenvalue weighted by Crippen LogP contribution is -2.59. The van der Waals surface area contributed by atoms with E-state index in [0.717, 1.165) is 66.9 Å². The molecular formula is C58H76FN11O8S. The number of benzene rings is 2. The highest BCUT2D eigenvalue weighted by atomic mass is 32.1. The molecule has 9 rings (SSSR count). The van der Waals surface area contributed by atoms with Gasteiger partial charge in [-0.25, -0.2) is 24.1 Å². The summed E-state index contributed by atoms with van der Waals surface area (Å²) in [6.45, 7) is 11.8. The lowest BCUT2D eigenvalue weighted by molar-refractivity contribution is -0.145. The van der Waals surface area contributed by atoms with Crippen molar-refractivity contribution < 1.29 is 43.0 Å². The quantitative estimate of drug-likeness (QED) is 0.0759. The van der Waals surface area contributed by atoms with E-state index in [4.69, 9.17) is 15.5 Å². The van der Waals surface area contributed by atoms with E-state index in [0.29, 0.717) is 87.2 Å². The molecule has 424 valence electrons. The normalized spacial score (nSPS) is 20.8. The van der Waals surface area contributed by atoms with Gasteiger partial charge >= 0.3 is 6.03 Å². The largest absolute Gasteiger partial charge is 0.493 e. The maximum Gasteiger partial charge on any atom is 0.320 e. The molecule has 1 aliphatic carbocycles. The van der Waals surface area contributed by atoms with Gasteiger partial charge in [0.15, 0.2) is 5.67 Å². The Morgan fingerprint density at radius 2 is 1.72 bits per heavy atom. The number of thiazole rings is 1. The summed E-state index contributed by atoms with van der Waals surface area (Å²) in [6, 6.07) is 12.2. The number of alkyl halides is 1. The van der Waals surface area contributed by atoms with Crippen LogP contribution in [0.1, 0.15) is 136 Å². The summed E-state index contributed by atoms with van der Waals surface area (Å²) in [6.07, 6.45) is 7.45. The maximum absolute atomic E-state index is 14.7. The van der Waals surface area contributed by atoms with E-state index < -0.39 is 52.9 Å². The van der Waals surface area contributed by atoms with Crippen molar-refractivity contribution in [3.63, 3.8) is 0 Å². The lowest BCUT2D eigenvalue weighted by Gasteiger charge is -2.37. The van der Waals surface area contributed by atoms with Gasteiger partial charge in [-0.05, 0) is 98.8 Å². The number of aryl methyl sites for hydroxylation is 1. The fourth-order valence-corrected chi connectivity index (χ4v) is 12.2. The third kappa shape index (κ3) is 13.5. The number of nitrogens with zero attached hydrogens (tertiary/aromatic N) is 8. The van der Waals surface area contributed by atoms with Crippen molar-refractivity contribution in [3.8, 4) is 16.2 Å². The Labute approximate surface area is 465 Å². The zero-order valence-corrected chi connectivity index (χ0v) is 47.0. The number of anilines is 1. The zero-order valence-electron chi connectivity index (χ0n) is 46.2. The van der Waals surface area contributed by atoms with Crippen LogP contribution >= 0.6 is 11.3 Å². The molecule has 4 aromatic rings. The number of unbranched alkanes of at least 4 members (excludes halogenated alkanes) is 2. The van der Waals surface area contributed by atoms with Crippen LogP contribution in [0.5, 0.6) is 5.75 Å². The summed E-state index contributed by atoms with van der Waals surface area (Å²) in [7, 11) is 1.83. The summed E-state index contributed by atoms with van der Waals surface area (Å²) >= 11 is 1.52. The molecular weight excluding hydrogens is 1030 g/mol. The van der Waals surface area contributed by atoms with Gasteiger partial charge < -0.3 is 50.7 Å². The predicted molar refractivity (Wildman–Crippen MR) is 297 cm³/mol. The van der Waals surface area contributed by atoms with Crippen molar-refractivity contribution in [2.45, 2.75) is 147 Å². The number of ether oxygens (including phenoxy) is 1. The van der Waals surface area contributed by atoms with Crippen LogP contribution in [0, 0.1) is 12.3 Å². The molecule has 4 saturated heterocycles. The number of likely N-dealkylation sites (N-methyl/N-ethyl adjacent to an activating group) is 1. The molecule has 0 bridgehead atoms. The number of primary amides is 1. The Morgan fingerprint density at radius 1 is 0.962 bits per heavy atom. The fraction of sp³-hybridized carbons (Fsp3) is 0.569. The Morgan fingerprint density at radius 3 is 2.39 bits per heavy atom. The highest BCUT2D eigenvalue weighted by molar-refractivity contribution is 7.13. The van der Waals surface area contributed by atoms with Gasteiger partial charge in [-0.2, -0.15) is 0 Å². The number of β-amino-alcohol motifs (C(OH)–C–C–N with tert-alkyl or cyclic N) is 1. The molecule has 2 aromatic carbocycles. The van der Waals surface area contributed by atoms with Crippen LogP contribution < -0.4 is 26.0 Å². The number of nitrogens with two attached hydrogens (primary N) is 1. The monoisotopic (exact) mass is 1110 g/mol. The SMILES string of the molecule is Cc1ncsc1-c1ccc(CNC(=O)[C@@H]2C[C@@H](O)CN2C(=O)[C@@H](NC(=O)C2(F)CC2)C(C)(C)C)c(OCCCCCC(=O)N2CCC(c3ccc(Cc4nc(N5CCC[C@@H](N6CCN(C)C6=O)C5)cnc4C(N)=O)cc3)CC2)c1. The molecule has 2 aromatic heterocycles. The zero-order chi connectivity index (χ0) is 56.2. The van der Waals surface area contributed by atoms with E-state index in [1.165, 1.54) is 21.8 Å². The van der Waals surface area contributed by atoms with Gasteiger partial charge in [0, 0.05) is 84.2 Å². The summed E-state index contributed by atoms with van der Waals surface area (Å²) < 4.78 is 21.1. The molecule has 5 N–H and O–H groups in total. The number of likely N-dealkylation sites (tertiary alicyclic amines) is 2. The maximum atomic E-state index is 14.7. The molecule has 4 aliphatic heterocycles. The minimum atomic E-state index is -1.98. The van der Waals surface area contributed by atoms with Crippen molar-refractivity contribution in [3.05, 3.63) is 87.9 Å². The number of halogens is 1. The first-order valence-corrected chi connectivity index (χ1v) is 28.9. The van der Waals surface area contributed by atoms with Gasteiger partial charge in [0.05, 0.1) is 46.7 Å². The number of amides is 7. The first kappa shape index (κ1) is 57.0. The number of nitrogens with one attached hydrogen (secondary N) is 2. The second kappa shape index (κ2) is 24.3. The molecule has 21 heteroatoms. The Hall–Kier alpha value is -6.74. The first-order valence-electron chi connectivity index (χ1n) is 28.0. The van der Waals surface area contributed by atoms with Gasteiger partial charge in [0.1, 0.15) is 29.3 Å². The smallest absolute Gasteiger partial charge is 0.320 e. The standard InChI is InChI=1S/C58H76FN11O8S/c1-36-50(79-35-63-36)40-16-17-41(31-62-53(74)45-30-43(71)34-70(45)54(75)51(57(2,3)4)65-55(76)58(59)20-21-58)46(29-40)78-27-8-6-7-11-48(72)67-23-18-39(19-24-67)38-14-12-37(13-15-38)28-44-49(52(60)73)61-32-47(64-44)68-22-9-10-42(33-68)69-26-25-66(5)56(69)77/h12-17,29,32,35,39,42-43,45,51,71H,6-11,18-28,30-31,33-34H2,1-5H3,(H2,60,73)(H,62,74)(H,65,76)/t42-,43-,45+,51-/m1/s1. The molecule has 4 atom stereocenters. The van der Waals surface area contributed by atoms with Gasteiger partial charge in [-0.3, -0.25) is 24.0 Å². The third-order valence-electron chi connectivity index (χ3n) is 16.3. The van der Waals surface area contributed by atoms with E-state index in [1.54, 1.807) is 37.4 Å². The average molecular weight is 1110 g/mol.